The third kappa shape index (κ3) is 2.84. The number of fused-ring (bicyclic) bond motifs is 7. The molecule has 4 fully saturated rings. The molecule has 3 heteroatoms. The lowest BCUT2D eigenvalue weighted by atomic mass is 9.33. The van der Waals surface area contributed by atoms with Crippen LogP contribution < -0.4 is 0 Å². The first-order chi connectivity index (χ1) is 15.3. The van der Waals surface area contributed by atoms with Crippen molar-refractivity contribution in [2.45, 2.75) is 112 Å². The Bertz CT molecular complexity index is 889. The molecule has 33 heavy (non-hydrogen) atoms. The van der Waals surface area contributed by atoms with Crippen molar-refractivity contribution in [1.82, 2.24) is 0 Å². The summed E-state index contributed by atoms with van der Waals surface area (Å²) < 4.78 is 0. The molecule has 5 rings (SSSR count). The summed E-state index contributed by atoms with van der Waals surface area (Å²) in [6.45, 7) is 14.3. The van der Waals surface area contributed by atoms with Gasteiger partial charge in [0.1, 0.15) is 12.6 Å². The molecule has 0 spiro atoms. The summed E-state index contributed by atoms with van der Waals surface area (Å²) in [6.07, 6.45) is 14.9. The summed E-state index contributed by atoms with van der Waals surface area (Å²) in [5, 5.41) is 10.8. The zero-order valence-electron chi connectivity index (χ0n) is 21.9. The highest BCUT2D eigenvalue weighted by molar-refractivity contribution is 5.63. The number of allylic oxidation sites excluding steroid dienone is 2. The van der Waals surface area contributed by atoms with E-state index in [1.54, 1.807) is 5.57 Å². The number of hydrogen-bond acceptors (Lipinski definition) is 3. The average molecular weight is 455 g/mol. The van der Waals surface area contributed by atoms with E-state index in [4.69, 9.17) is 0 Å². The van der Waals surface area contributed by atoms with Gasteiger partial charge in [-0.15, -0.1) is 0 Å². The van der Waals surface area contributed by atoms with Crippen LogP contribution in [0.15, 0.2) is 11.6 Å². The maximum absolute atomic E-state index is 12.6. The Hall–Kier alpha value is -0.960. The lowest BCUT2D eigenvalue weighted by Crippen LogP contribution is -2.65. The van der Waals surface area contributed by atoms with Gasteiger partial charge in [0.25, 0.3) is 0 Å². The fourth-order valence-corrected chi connectivity index (χ4v) is 10.4. The second kappa shape index (κ2) is 7.05. The van der Waals surface area contributed by atoms with Gasteiger partial charge < -0.3 is 14.7 Å². The Balaban J connectivity index is 1.59. The van der Waals surface area contributed by atoms with Crippen molar-refractivity contribution in [3.05, 3.63) is 11.6 Å². The van der Waals surface area contributed by atoms with Crippen LogP contribution in [0.2, 0.25) is 0 Å². The van der Waals surface area contributed by atoms with Crippen LogP contribution in [-0.4, -0.2) is 23.8 Å². The van der Waals surface area contributed by atoms with Crippen molar-refractivity contribution in [3.8, 4) is 0 Å². The minimum Gasteiger partial charge on any atom is -0.392 e. The van der Waals surface area contributed by atoms with E-state index in [-0.39, 0.29) is 27.6 Å². The van der Waals surface area contributed by atoms with Gasteiger partial charge in [-0.2, -0.15) is 0 Å². The number of aliphatic hydroxyl groups is 1. The molecule has 0 aliphatic heterocycles. The van der Waals surface area contributed by atoms with Gasteiger partial charge >= 0.3 is 0 Å². The summed E-state index contributed by atoms with van der Waals surface area (Å²) in [7, 11) is 0. The van der Waals surface area contributed by atoms with Gasteiger partial charge in [0, 0.05) is 5.41 Å². The molecule has 5 aliphatic carbocycles. The Morgan fingerprint density at radius 3 is 2.21 bits per heavy atom. The predicted molar refractivity (Wildman–Crippen MR) is 131 cm³/mol. The summed E-state index contributed by atoms with van der Waals surface area (Å²) in [6, 6.07) is 0. The Morgan fingerprint density at radius 1 is 0.848 bits per heavy atom. The molecule has 4 saturated carbocycles. The number of carbonyl (C=O) groups is 2. The summed E-state index contributed by atoms with van der Waals surface area (Å²) in [5.74, 6) is 1.15. The molecule has 9 atom stereocenters. The van der Waals surface area contributed by atoms with E-state index in [0.29, 0.717) is 17.3 Å². The first kappa shape index (κ1) is 23.8. The van der Waals surface area contributed by atoms with E-state index in [0.717, 1.165) is 70.5 Å². The molecule has 184 valence electrons. The van der Waals surface area contributed by atoms with Gasteiger partial charge in [-0.3, -0.25) is 0 Å². The highest BCUT2D eigenvalue weighted by Gasteiger charge is 2.68. The fourth-order valence-electron chi connectivity index (χ4n) is 10.4. The van der Waals surface area contributed by atoms with Gasteiger partial charge in [0.2, 0.25) is 0 Å². The number of rotatable bonds is 2. The van der Waals surface area contributed by atoms with E-state index in [1.165, 1.54) is 6.29 Å². The third-order valence-electron chi connectivity index (χ3n) is 12.9. The molecule has 3 nitrogen and oxygen atoms in total. The first-order valence-corrected chi connectivity index (χ1v) is 13.6. The van der Waals surface area contributed by atoms with Crippen molar-refractivity contribution in [2.24, 2.45) is 50.2 Å². The molecule has 2 unspecified atom stereocenters. The zero-order chi connectivity index (χ0) is 24.1. The van der Waals surface area contributed by atoms with Gasteiger partial charge in [0.05, 0.1) is 11.5 Å². The third-order valence-corrected chi connectivity index (χ3v) is 12.9. The van der Waals surface area contributed by atoms with Crippen LogP contribution in [0.25, 0.3) is 0 Å². The summed E-state index contributed by atoms with van der Waals surface area (Å²) >= 11 is 0. The van der Waals surface area contributed by atoms with E-state index in [9.17, 15) is 14.7 Å². The Morgan fingerprint density at radius 2 is 1.55 bits per heavy atom. The zero-order valence-corrected chi connectivity index (χ0v) is 21.9. The Labute approximate surface area is 201 Å². The lowest BCUT2D eigenvalue weighted by Gasteiger charge is -2.71. The molecule has 0 bridgehead atoms. The normalized spacial score (nSPS) is 55.2. The van der Waals surface area contributed by atoms with E-state index in [2.05, 4.69) is 40.7 Å². The number of aldehydes is 2. The quantitative estimate of drug-likeness (QED) is 0.381. The van der Waals surface area contributed by atoms with Gasteiger partial charge in [-0.25, -0.2) is 0 Å². The van der Waals surface area contributed by atoms with Gasteiger partial charge in [0.15, 0.2) is 0 Å². The number of aliphatic hydroxyl groups excluding tert-OH is 1. The Kier molecular flexibility index (Phi) is 5.08. The molecule has 0 aromatic heterocycles. The maximum Gasteiger partial charge on any atom is 0.128 e. The second-order valence-electron chi connectivity index (χ2n) is 14.6. The molecular weight excluding hydrogens is 408 g/mol. The van der Waals surface area contributed by atoms with E-state index < -0.39 is 11.5 Å². The molecule has 5 aliphatic rings. The second-order valence-corrected chi connectivity index (χ2v) is 14.6. The molecule has 0 saturated heterocycles. The lowest BCUT2D eigenvalue weighted by molar-refractivity contribution is -0.202. The molecule has 0 radical (unpaired) electrons. The maximum atomic E-state index is 12.6. The van der Waals surface area contributed by atoms with Crippen molar-refractivity contribution >= 4 is 12.6 Å². The van der Waals surface area contributed by atoms with Crippen molar-refractivity contribution in [3.63, 3.8) is 0 Å². The molecule has 0 aromatic rings. The van der Waals surface area contributed by atoms with Crippen LogP contribution in [0.4, 0.5) is 0 Å². The van der Waals surface area contributed by atoms with Crippen LogP contribution in [0, 0.1) is 50.2 Å². The van der Waals surface area contributed by atoms with Crippen LogP contribution in [-0.2, 0) is 9.59 Å². The average Bonchev–Trinajstić information content (AvgIpc) is 2.77. The minimum atomic E-state index is -0.633. The van der Waals surface area contributed by atoms with Crippen LogP contribution in [0.3, 0.4) is 0 Å². The molecule has 0 aromatic carbocycles. The van der Waals surface area contributed by atoms with Crippen molar-refractivity contribution in [2.75, 3.05) is 0 Å². The van der Waals surface area contributed by atoms with Crippen LogP contribution >= 0.6 is 0 Å². The molecule has 1 N–H and O–H groups in total. The largest absolute Gasteiger partial charge is 0.392 e. The summed E-state index contributed by atoms with van der Waals surface area (Å²) in [5.41, 5.74) is 1.46. The SMILES string of the molecule is CC1(C)CC[C@]2(C=O)CC[C@]3(C)C(=CCC4[C@@]5(C)CC[C@H](O)[C@@](C)(C=O)C5CC[C@]43C)[C@@H]2C1. The topological polar surface area (TPSA) is 54.4 Å². The number of hydrogen-bond donors (Lipinski definition) is 1. The monoisotopic (exact) mass is 454 g/mol. The highest BCUT2D eigenvalue weighted by atomic mass is 16.3. The number of carbonyl (C=O) groups excluding carboxylic acids is 2. The smallest absolute Gasteiger partial charge is 0.128 e. The van der Waals surface area contributed by atoms with Crippen molar-refractivity contribution < 1.29 is 14.7 Å². The van der Waals surface area contributed by atoms with Crippen LogP contribution in [0.5, 0.6) is 0 Å². The van der Waals surface area contributed by atoms with Gasteiger partial charge in [-0.05, 0) is 104 Å². The summed E-state index contributed by atoms with van der Waals surface area (Å²) in [4.78, 5) is 24.9. The van der Waals surface area contributed by atoms with E-state index in [1.807, 2.05) is 6.92 Å². The minimum absolute atomic E-state index is 0.0674. The van der Waals surface area contributed by atoms with E-state index >= 15 is 0 Å². The standard InChI is InChI=1S/C30H46O3/c1-25(2)13-15-30(19-32)16-14-28(5)20(21(30)17-25)7-8-23-26(3)11-10-24(33)27(4,18-31)22(26)9-12-29(23,28)6/h7,18-19,21-24,33H,8-17H2,1-6H3/t21-,22?,23?,24-,26-,27-,28+,29+,30+/m0/s1. The van der Waals surface area contributed by atoms with Crippen LogP contribution in [0.1, 0.15) is 106 Å². The molecular formula is C30H46O3. The first-order valence-electron chi connectivity index (χ1n) is 13.6. The van der Waals surface area contributed by atoms with Crippen molar-refractivity contribution in [1.29, 1.82) is 0 Å². The molecule has 0 amide bonds. The van der Waals surface area contributed by atoms with Gasteiger partial charge in [-0.1, -0.05) is 53.2 Å². The molecule has 0 heterocycles. The highest BCUT2D eigenvalue weighted by Crippen LogP contribution is 2.75. The predicted octanol–water partition coefficient (Wildman–Crippen LogP) is 6.53. The fraction of sp³-hybridized carbons (Fsp3) is 0.867.